The zero-order valence-electron chi connectivity index (χ0n) is 15.1. The maximum Gasteiger partial charge on any atom is 0.253 e. The van der Waals surface area contributed by atoms with Crippen molar-refractivity contribution in [3.05, 3.63) is 47.0 Å². The number of aryl methyl sites for hydroxylation is 1. The van der Waals surface area contributed by atoms with Gasteiger partial charge in [0.15, 0.2) is 0 Å². The van der Waals surface area contributed by atoms with Crippen LogP contribution in [-0.4, -0.2) is 16.9 Å². The molecule has 0 aromatic carbocycles. The lowest BCUT2D eigenvalue weighted by Crippen LogP contribution is -2.36. The van der Waals surface area contributed by atoms with E-state index >= 15 is 0 Å². The Morgan fingerprint density at radius 3 is 2.80 bits per heavy atom. The average Bonchev–Trinajstić information content (AvgIpc) is 3.27. The number of furan rings is 1. The molecule has 0 saturated heterocycles. The zero-order chi connectivity index (χ0) is 17.6. The molecule has 1 amide bonds. The number of nitrogens with zero attached hydrogens (tertiary/aromatic N) is 1. The number of anilines is 1. The van der Waals surface area contributed by atoms with Crippen molar-refractivity contribution in [3.63, 3.8) is 0 Å². The summed E-state index contributed by atoms with van der Waals surface area (Å²) in [5, 5.41) is 6.51. The highest BCUT2D eigenvalue weighted by molar-refractivity contribution is 5.94. The Morgan fingerprint density at radius 1 is 1.32 bits per heavy atom. The van der Waals surface area contributed by atoms with E-state index in [1.165, 1.54) is 12.8 Å². The fraction of sp³-hybridized carbons (Fsp3) is 0.500. The van der Waals surface area contributed by atoms with Crippen molar-refractivity contribution >= 4 is 11.7 Å². The number of hydrogen-bond acceptors (Lipinski definition) is 4. The van der Waals surface area contributed by atoms with Crippen molar-refractivity contribution in [1.29, 1.82) is 0 Å². The standard InChI is InChI=1S/C20H25N3O2/c1-12-8-15-16(9-20(2,3)10-17(15)25-12)23-19(24)13-4-7-18(21-11-13)22-14-5-6-14/h4,7-8,11,14,16H,5-6,9-10H2,1-3H3,(H,21,22)(H,23,24)/t16-/m1/s1. The van der Waals surface area contributed by atoms with Crippen LogP contribution in [0.5, 0.6) is 0 Å². The number of carbonyl (C=O) groups is 1. The molecule has 2 aromatic heterocycles. The largest absolute Gasteiger partial charge is 0.466 e. The van der Waals surface area contributed by atoms with Crippen LogP contribution in [-0.2, 0) is 6.42 Å². The second-order valence-electron chi connectivity index (χ2n) is 8.16. The molecule has 1 atom stereocenters. The molecule has 2 aromatic rings. The lowest BCUT2D eigenvalue weighted by atomic mass is 9.74. The van der Waals surface area contributed by atoms with Gasteiger partial charge in [0.1, 0.15) is 17.3 Å². The van der Waals surface area contributed by atoms with Crippen molar-refractivity contribution in [1.82, 2.24) is 10.3 Å². The van der Waals surface area contributed by atoms with E-state index < -0.39 is 0 Å². The highest BCUT2D eigenvalue weighted by Gasteiger charge is 2.35. The molecular weight excluding hydrogens is 314 g/mol. The van der Waals surface area contributed by atoms with E-state index in [-0.39, 0.29) is 17.4 Å². The van der Waals surface area contributed by atoms with Gasteiger partial charge in [-0.2, -0.15) is 0 Å². The second kappa shape index (κ2) is 5.90. The van der Waals surface area contributed by atoms with Crippen molar-refractivity contribution in [3.8, 4) is 0 Å². The molecule has 5 nitrogen and oxygen atoms in total. The molecule has 0 spiro atoms. The van der Waals surface area contributed by atoms with Crippen molar-refractivity contribution < 1.29 is 9.21 Å². The normalized spacial score (nSPS) is 21.5. The van der Waals surface area contributed by atoms with Crippen LogP contribution in [0.15, 0.2) is 28.8 Å². The minimum absolute atomic E-state index is 0.0204. The summed E-state index contributed by atoms with van der Waals surface area (Å²) in [6.45, 7) is 6.39. The van der Waals surface area contributed by atoms with E-state index in [4.69, 9.17) is 4.42 Å². The maximum atomic E-state index is 12.7. The van der Waals surface area contributed by atoms with Crippen LogP contribution in [0.1, 0.15) is 66.6 Å². The Kier molecular flexibility index (Phi) is 3.82. The van der Waals surface area contributed by atoms with Gasteiger partial charge < -0.3 is 15.1 Å². The van der Waals surface area contributed by atoms with Crippen molar-refractivity contribution in [2.45, 2.75) is 58.5 Å². The molecule has 0 aliphatic heterocycles. The Labute approximate surface area is 148 Å². The van der Waals surface area contributed by atoms with E-state index in [0.717, 1.165) is 35.7 Å². The molecule has 0 unspecified atom stereocenters. The Morgan fingerprint density at radius 2 is 2.12 bits per heavy atom. The lowest BCUT2D eigenvalue weighted by Gasteiger charge is -2.34. The first kappa shape index (κ1) is 16.2. The molecule has 5 heteroatoms. The molecule has 2 aliphatic carbocycles. The summed E-state index contributed by atoms with van der Waals surface area (Å²) >= 11 is 0. The molecule has 2 aliphatic rings. The summed E-state index contributed by atoms with van der Waals surface area (Å²) in [4.78, 5) is 17.0. The predicted octanol–water partition coefficient (Wildman–Crippen LogP) is 4.00. The van der Waals surface area contributed by atoms with Crippen LogP contribution in [0.2, 0.25) is 0 Å². The summed E-state index contributed by atoms with van der Waals surface area (Å²) in [5.41, 5.74) is 1.81. The van der Waals surface area contributed by atoms with Gasteiger partial charge in [0, 0.05) is 24.2 Å². The van der Waals surface area contributed by atoms with Crippen molar-refractivity contribution in [2.75, 3.05) is 5.32 Å². The van der Waals surface area contributed by atoms with Gasteiger partial charge in [-0.25, -0.2) is 4.98 Å². The van der Waals surface area contributed by atoms with Gasteiger partial charge in [0.25, 0.3) is 5.91 Å². The summed E-state index contributed by atoms with van der Waals surface area (Å²) in [7, 11) is 0. The first-order valence-electron chi connectivity index (χ1n) is 9.02. The molecule has 4 rings (SSSR count). The molecular formula is C20H25N3O2. The second-order valence-corrected chi connectivity index (χ2v) is 8.16. The summed E-state index contributed by atoms with van der Waals surface area (Å²) in [6.07, 6.45) is 5.86. The smallest absolute Gasteiger partial charge is 0.253 e. The number of carbonyl (C=O) groups excluding carboxylic acids is 1. The van der Waals surface area contributed by atoms with E-state index in [1.807, 2.05) is 19.1 Å². The van der Waals surface area contributed by atoms with Gasteiger partial charge in [0.2, 0.25) is 0 Å². The van der Waals surface area contributed by atoms with E-state index in [0.29, 0.717) is 11.6 Å². The molecule has 2 heterocycles. The predicted molar refractivity (Wildman–Crippen MR) is 96.6 cm³/mol. The molecule has 0 radical (unpaired) electrons. The fourth-order valence-corrected chi connectivity index (χ4v) is 3.61. The highest BCUT2D eigenvalue weighted by Crippen LogP contribution is 2.42. The number of nitrogens with one attached hydrogen (secondary N) is 2. The molecule has 0 bridgehead atoms. The Bertz CT molecular complexity index is 788. The van der Waals surface area contributed by atoms with E-state index in [9.17, 15) is 4.79 Å². The van der Waals surface area contributed by atoms with E-state index in [2.05, 4.69) is 35.5 Å². The summed E-state index contributed by atoms with van der Waals surface area (Å²) in [5.74, 6) is 2.66. The molecule has 1 saturated carbocycles. The third-order valence-electron chi connectivity index (χ3n) is 5.00. The Balaban J connectivity index is 1.49. The van der Waals surface area contributed by atoms with Crippen LogP contribution in [0.25, 0.3) is 0 Å². The van der Waals surface area contributed by atoms with Gasteiger partial charge >= 0.3 is 0 Å². The topological polar surface area (TPSA) is 67.2 Å². The minimum Gasteiger partial charge on any atom is -0.466 e. The average molecular weight is 339 g/mol. The highest BCUT2D eigenvalue weighted by atomic mass is 16.3. The minimum atomic E-state index is -0.0852. The zero-order valence-corrected chi connectivity index (χ0v) is 15.1. The quantitative estimate of drug-likeness (QED) is 0.883. The first-order valence-corrected chi connectivity index (χ1v) is 9.02. The molecule has 1 fully saturated rings. The number of rotatable bonds is 4. The van der Waals surface area contributed by atoms with Gasteiger partial charge in [-0.1, -0.05) is 13.8 Å². The molecule has 132 valence electrons. The van der Waals surface area contributed by atoms with Gasteiger partial charge in [-0.3, -0.25) is 4.79 Å². The maximum absolute atomic E-state index is 12.7. The molecule has 2 N–H and O–H groups in total. The third kappa shape index (κ3) is 3.55. The van der Waals surface area contributed by atoms with Crippen LogP contribution in [0.3, 0.4) is 0 Å². The van der Waals surface area contributed by atoms with Crippen LogP contribution < -0.4 is 10.6 Å². The van der Waals surface area contributed by atoms with Gasteiger partial charge in [-0.15, -0.1) is 0 Å². The molecule has 25 heavy (non-hydrogen) atoms. The number of amides is 1. The first-order chi connectivity index (χ1) is 11.9. The van der Waals surface area contributed by atoms with Crippen LogP contribution >= 0.6 is 0 Å². The third-order valence-corrected chi connectivity index (χ3v) is 5.00. The van der Waals surface area contributed by atoms with Gasteiger partial charge in [0.05, 0.1) is 11.6 Å². The number of hydrogen-bond donors (Lipinski definition) is 2. The number of pyridine rings is 1. The fourth-order valence-electron chi connectivity index (χ4n) is 3.61. The summed E-state index contributed by atoms with van der Waals surface area (Å²) < 4.78 is 5.85. The SMILES string of the molecule is Cc1cc2c(o1)CC(C)(C)C[C@H]2NC(=O)c1ccc(NC2CC2)nc1. The van der Waals surface area contributed by atoms with Crippen LogP contribution in [0, 0.1) is 12.3 Å². The van der Waals surface area contributed by atoms with Gasteiger partial charge in [-0.05, 0) is 49.8 Å². The number of fused-ring (bicyclic) bond motifs is 1. The van der Waals surface area contributed by atoms with Crippen LogP contribution in [0.4, 0.5) is 5.82 Å². The van der Waals surface area contributed by atoms with E-state index in [1.54, 1.807) is 6.20 Å². The Hall–Kier alpha value is -2.30. The number of aromatic nitrogens is 1. The lowest BCUT2D eigenvalue weighted by molar-refractivity contribution is 0.0917. The summed E-state index contributed by atoms with van der Waals surface area (Å²) in [6, 6.07) is 6.30. The van der Waals surface area contributed by atoms with Crippen molar-refractivity contribution in [2.24, 2.45) is 5.41 Å². The monoisotopic (exact) mass is 339 g/mol.